The fraction of sp³-hybridized carbons (Fsp3) is 0.400. The molecule has 1 aromatic heterocycles. The van der Waals surface area contributed by atoms with E-state index in [4.69, 9.17) is 9.47 Å². The molecule has 1 N–H and O–H groups in total. The van der Waals surface area contributed by atoms with Gasteiger partial charge in [-0.05, 0) is 19.1 Å². The Morgan fingerprint density at radius 1 is 1.33 bits per heavy atom. The lowest BCUT2D eigenvalue weighted by atomic mass is 10.3. The van der Waals surface area contributed by atoms with Crippen molar-refractivity contribution in [2.24, 2.45) is 0 Å². The van der Waals surface area contributed by atoms with E-state index in [1.807, 2.05) is 50.2 Å². The fourth-order valence-corrected chi connectivity index (χ4v) is 2.73. The van der Waals surface area contributed by atoms with E-state index in [0.29, 0.717) is 19.0 Å². The third kappa shape index (κ3) is 4.01. The molecular weight excluding hydrogens is 286 g/mol. The second kappa shape index (κ2) is 7.17. The van der Waals surface area contributed by atoms with Gasteiger partial charge < -0.3 is 19.7 Å². The van der Waals surface area contributed by atoms with Crippen molar-refractivity contribution in [3.63, 3.8) is 0 Å². The third-order valence-electron chi connectivity index (χ3n) is 2.82. The summed E-state index contributed by atoms with van der Waals surface area (Å²) in [5.74, 6) is 1.55. The molecule has 114 valence electrons. The van der Waals surface area contributed by atoms with Crippen molar-refractivity contribution in [1.82, 2.24) is 4.98 Å². The van der Waals surface area contributed by atoms with E-state index in [0.717, 1.165) is 21.4 Å². The lowest BCUT2D eigenvalue weighted by Gasteiger charge is -2.08. The smallest absolute Gasteiger partial charge is 0.231 e. The SMILES string of the molecule is CCOc1cccc(NCc2sc(N(C)C)nc2OC)c1. The Balaban J connectivity index is 2.07. The minimum Gasteiger partial charge on any atom is -0.494 e. The van der Waals surface area contributed by atoms with Crippen LogP contribution in [0.3, 0.4) is 0 Å². The van der Waals surface area contributed by atoms with E-state index >= 15 is 0 Å². The van der Waals surface area contributed by atoms with E-state index in [9.17, 15) is 0 Å². The number of rotatable bonds is 7. The Labute approximate surface area is 129 Å². The fourth-order valence-electron chi connectivity index (χ4n) is 1.83. The van der Waals surface area contributed by atoms with E-state index in [-0.39, 0.29) is 0 Å². The van der Waals surface area contributed by atoms with Gasteiger partial charge in [0.15, 0.2) is 5.13 Å². The first-order chi connectivity index (χ1) is 10.1. The minimum absolute atomic E-state index is 0.665. The van der Waals surface area contributed by atoms with Crippen molar-refractivity contribution in [3.8, 4) is 11.6 Å². The molecular formula is C15H21N3O2S. The van der Waals surface area contributed by atoms with Crippen LogP contribution in [-0.2, 0) is 6.54 Å². The van der Waals surface area contributed by atoms with Gasteiger partial charge in [-0.1, -0.05) is 17.4 Å². The van der Waals surface area contributed by atoms with Crippen LogP contribution in [-0.4, -0.2) is 32.8 Å². The standard InChI is InChI=1S/C15H21N3O2S/c1-5-20-12-8-6-7-11(9-12)16-10-13-14(19-4)17-15(21-13)18(2)3/h6-9,16H,5,10H2,1-4H3. The molecule has 2 rings (SSSR count). The van der Waals surface area contributed by atoms with Gasteiger partial charge in [0.1, 0.15) is 5.75 Å². The van der Waals surface area contributed by atoms with Gasteiger partial charge in [-0.3, -0.25) is 0 Å². The summed E-state index contributed by atoms with van der Waals surface area (Å²) in [6.45, 7) is 3.31. The van der Waals surface area contributed by atoms with Crippen LogP contribution < -0.4 is 19.7 Å². The number of benzene rings is 1. The molecule has 0 aliphatic carbocycles. The van der Waals surface area contributed by atoms with Crippen molar-refractivity contribution >= 4 is 22.2 Å². The molecule has 0 atom stereocenters. The lowest BCUT2D eigenvalue weighted by Crippen LogP contribution is -2.07. The monoisotopic (exact) mass is 307 g/mol. The van der Waals surface area contributed by atoms with Gasteiger partial charge in [-0.25, -0.2) is 0 Å². The summed E-state index contributed by atoms with van der Waals surface area (Å²) < 4.78 is 10.8. The highest BCUT2D eigenvalue weighted by Crippen LogP contribution is 2.31. The number of hydrogen-bond acceptors (Lipinski definition) is 6. The second-order valence-electron chi connectivity index (χ2n) is 4.64. The van der Waals surface area contributed by atoms with Crippen molar-refractivity contribution in [3.05, 3.63) is 29.1 Å². The van der Waals surface area contributed by atoms with Gasteiger partial charge in [-0.2, -0.15) is 4.98 Å². The number of ether oxygens (including phenoxy) is 2. The maximum Gasteiger partial charge on any atom is 0.231 e. The molecule has 0 radical (unpaired) electrons. The summed E-state index contributed by atoms with van der Waals surface area (Å²) in [7, 11) is 5.59. The second-order valence-corrected chi connectivity index (χ2v) is 5.70. The average Bonchev–Trinajstić information content (AvgIpc) is 2.89. The zero-order valence-electron chi connectivity index (χ0n) is 12.8. The van der Waals surface area contributed by atoms with Gasteiger partial charge in [0.25, 0.3) is 0 Å². The highest BCUT2D eigenvalue weighted by atomic mass is 32.1. The summed E-state index contributed by atoms with van der Waals surface area (Å²) in [5, 5.41) is 4.32. The zero-order valence-corrected chi connectivity index (χ0v) is 13.7. The van der Waals surface area contributed by atoms with Crippen LogP contribution in [0.2, 0.25) is 0 Å². The van der Waals surface area contributed by atoms with E-state index < -0.39 is 0 Å². The number of methoxy groups -OCH3 is 1. The first kappa shape index (κ1) is 15.4. The molecule has 0 bridgehead atoms. The summed E-state index contributed by atoms with van der Waals surface area (Å²) in [4.78, 5) is 7.50. The van der Waals surface area contributed by atoms with Gasteiger partial charge in [0, 0.05) is 25.8 Å². The molecule has 2 aromatic rings. The van der Waals surface area contributed by atoms with Crippen LogP contribution in [0, 0.1) is 0 Å². The number of nitrogens with one attached hydrogen (secondary N) is 1. The summed E-state index contributed by atoms with van der Waals surface area (Å²) >= 11 is 1.62. The lowest BCUT2D eigenvalue weighted by molar-refractivity contribution is 0.340. The predicted molar refractivity (Wildman–Crippen MR) is 87.9 cm³/mol. The van der Waals surface area contributed by atoms with Crippen LogP contribution in [0.25, 0.3) is 0 Å². The van der Waals surface area contributed by atoms with Gasteiger partial charge in [0.05, 0.1) is 25.1 Å². The Kier molecular flexibility index (Phi) is 5.27. The van der Waals surface area contributed by atoms with Crippen molar-refractivity contribution in [2.45, 2.75) is 13.5 Å². The molecule has 0 amide bonds. The predicted octanol–water partition coefficient (Wildman–Crippen LogP) is 3.23. The largest absolute Gasteiger partial charge is 0.494 e. The summed E-state index contributed by atoms with van der Waals surface area (Å²) in [6, 6.07) is 7.93. The highest BCUT2D eigenvalue weighted by molar-refractivity contribution is 7.15. The maximum absolute atomic E-state index is 5.50. The number of aromatic nitrogens is 1. The molecule has 0 aliphatic heterocycles. The number of thiazole rings is 1. The summed E-state index contributed by atoms with van der Waals surface area (Å²) in [6.07, 6.45) is 0. The molecule has 0 unspecified atom stereocenters. The quantitative estimate of drug-likeness (QED) is 0.851. The normalized spacial score (nSPS) is 10.3. The van der Waals surface area contributed by atoms with Crippen LogP contribution >= 0.6 is 11.3 Å². The van der Waals surface area contributed by atoms with E-state index in [2.05, 4.69) is 10.3 Å². The molecule has 1 heterocycles. The van der Waals surface area contributed by atoms with Crippen LogP contribution in [0.15, 0.2) is 24.3 Å². The maximum atomic E-state index is 5.50. The van der Waals surface area contributed by atoms with Gasteiger partial charge in [0.2, 0.25) is 5.88 Å². The van der Waals surface area contributed by atoms with Crippen LogP contribution in [0.4, 0.5) is 10.8 Å². The van der Waals surface area contributed by atoms with E-state index in [1.165, 1.54) is 0 Å². The highest BCUT2D eigenvalue weighted by Gasteiger charge is 2.12. The molecule has 0 aliphatic rings. The molecule has 21 heavy (non-hydrogen) atoms. The van der Waals surface area contributed by atoms with Gasteiger partial charge in [-0.15, -0.1) is 0 Å². The van der Waals surface area contributed by atoms with E-state index in [1.54, 1.807) is 18.4 Å². The Morgan fingerprint density at radius 3 is 2.81 bits per heavy atom. The number of hydrogen-bond donors (Lipinski definition) is 1. The molecule has 6 heteroatoms. The molecule has 1 aromatic carbocycles. The molecule has 0 saturated heterocycles. The Hall–Kier alpha value is -1.95. The minimum atomic E-state index is 0.665. The Morgan fingerprint density at radius 2 is 2.14 bits per heavy atom. The van der Waals surface area contributed by atoms with Crippen molar-refractivity contribution < 1.29 is 9.47 Å². The first-order valence-corrected chi connectivity index (χ1v) is 7.63. The average molecular weight is 307 g/mol. The Bertz CT molecular complexity index is 584. The molecule has 0 spiro atoms. The first-order valence-electron chi connectivity index (χ1n) is 6.81. The molecule has 5 nitrogen and oxygen atoms in total. The molecule has 0 saturated carbocycles. The molecule has 0 fully saturated rings. The topological polar surface area (TPSA) is 46.6 Å². The zero-order chi connectivity index (χ0) is 15.2. The van der Waals surface area contributed by atoms with Crippen LogP contribution in [0.5, 0.6) is 11.6 Å². The van der Waals surface area contributed by atoms with Crippen molar-refractivity contribution in [2.75, 3.05) is 38.0 Å². The third-order valence-corrected chi connectivity index (χ3v) is 4.03. The van der Waals surface area contributed by atoms with Crippen LogP contribution in [0.1, 0.15) is 11.8 Å². The van der Waals surface area contributed by atoms with Crippen molar-refractivity contribution in [1.29, 1.82) is 0 Å². The summed E-state index contributed by atoms with van der Waals surface area (Å²) in [5.41, 5.74) is 1.02. The number of nitrogens with zero attached hydrogens (tertiary/aromatic N) is 2. The van der Waals surface area contributed by atoms with Gasteiger partial charge >= 0.3 is 0 Å². The number of anilines is 2.